The average molecular weight is 178 g/mol. The van der Waals surface area contributed by atoms with Crippen LogP contribution in [-0.4, -0.2) is 24.8 Å². The zero-order valence-corrected chi connectivity index (χ0v) is 7.36. The number of rotatable bonds is 0. The van der Waals surface area contributed by atoms with Crippen LogP contribution >= 0.6 is 12.4 Å². The van der Waals surface area contributed by atoms with Crippen LogP contribution in [0.1, 0.15) is 19.3 Å². The summed E-state index contributed by atoms with van der Waals surface area (Å²) in [6.45, 7) is 0.974. The topological polar surface area (TPSA) is 50.1 Å². The van der Waals surface area contributed by atoms with Gasteiger partial charge in [0.05, 0.1) is 0 Å². The number of hydrogen-bond donors (Lipinski definition) is 3. The van der Waals surface area contributed by atoms with Gasteiger partial charge in [0.15, 0.2) is 0 Å². The van der Waals surface area contributed by atoms with Gasteiger partial charge in [0.25, 0.3) is 0 Å². The lowest BCUT2D eigenvalue weighted by Gasteiger charge is -2.28. The first kappa shape index (κ1) is 9.26. The number of fused-ring (bicyclic) bond motifs is 1. The Labute approximate surface area is 73.5 Å². The Morgan fingerprint density at radius 3 is 2.64 bits per heavy atom. The summed E-state index contributed by atoms with van der Waals surface area (Å²) in [6.07, 6.45) is 3.59. The number of nitrogens with one attached hydrogen (secondary N) is 2. The standard InChI is InChI=1S/C7H15N3.ClH/c8-5-1-2-6-7(3-5)10-4-9-6;/h5-7,9-10H,1-4,8H2;1H. The van der Waals surface area contributed by atoms with Gasteiger partial charge in [0, 0.05) is 24.8 Å². The first-order chi connectivity index (χ1) is 4.86. The van der Waals surface area contributed by atoms with Crippen molar-refractivity contribution in [2.75, 3.05) is 6.67 Å². The molecule has 1 aliphatic heterocycles. The molecule has 1 aliphatic carbocycles. The number of halogens is 1. The predicted molar refractivity (Wildman–Crippen MR) is 47.8 cm³/mol. The lowest BCUT2D eigenvalue weighted by molar-refractivity contribution is 0.338. The van der Waals surface area contributed by atoms with Crippen molar-refractivity contribution >= 4 is 12.4 Å². The largest absolute Gasteiger partial charge is 0.328 e. The zero-order chi connectivity index (χ0) is 6.97. The second-order valence-electron chi connectivity index (χ2n) is 3.37. The van der Waals surface area contributed by atoms with Crippen molar-refractivity contribution in [1.29, 1.82) is 0 Å². The molecule has 0 spiro atoms. The summed E-state index contributed by atoms with van der Waals surface area (Å²) in [5, 5.41) is 6.81. The monoisotopic (exact) mass is 177 g/mol. The van der Waals surface area contributed by atoms with Crippen LogP contribution in [0.25, 0.3) is 0 Å². The second-order valence-corrected chi connectivity index (χ2v) is 3.37. The Morgan fingerprint density at radius 2 is 1.82 bits per heavy atom. The van der Waals surface area contributed by atoms with E-state index in [-0.39, 0.29) is 12.4 Å². The molecule has 4 heteroatoms. The van der Waals surface area contributed by atoms with Crippen LogP contribution in [0, 0.1) is 0 Å². The molecule has 0 amide bonds. The van der Waals surface area contributed by atoms with E-state index in [0.29, 0.717) is 18.1 Å². The van der Waals surface area contributed by atoms with Gasteiger partial charge >= 0.3 is 0 Å². The fraction of sp³-hybridized carbons (Fsp3) is 1.00. The second kappa shape index (κ2) is 3.72. The maximum absolute atomic E-state index is 5.82. The maximum Gasteiger partial charge on any atom is 0.0459 e. The number of hydrogen-bond acceptors (Lipinski definition) is 3. The molecular formula is C7H16ClN3. The van der Waals surface area contributed by atoms with Gasteiger partial charge in [-0.3, -0.25) is 0 Å². The minimum absolute atomic E-state index is 0. The van der Waals surface area contributed by atoms with Crippen molar-refractivity contribution in [3.63, 3.8) is 0 Å². The van der Waals surface area contributed by atoms with E-state index in [1.54, 1.807) is 0 Å². The molecule has 1 saturated carbocycles. The molecular weight excluding hydrogens is 162 g/mol. The highest BCUT2D eigenvalue weighted by Crippen LogP contribution is 2.19. The molecule has 66 valence electrons. The summed E-state index contributed by atoms with van der Waals surface area (Å²) in [7, 11) is 0. The summed E-state index contributed by atoms with van der Waals surface area (Å²) in [5.41, 5.74) is 5.82. The molecule has 4 N–H and O–H groups in total. The van der Waals surface area contributed by atoms with Crippen LogP contribution in [0.3, 0.4) is 0 Å². The van der Waals surface area contributed by atoms with E-state index in [4.69, 9.17) is 5.73 Å². The maximum atomic E-state index is 5.82. The summed E-state index contributed by atoms with van der Waals surface area (Å²) >= 11 is 0. The Balaban J connectivity index is 0.000000605. The molecule has 3 atom stereocenters. The minimum Gasteiger partial charge on any atom is -0.328 e. The number of nitrogens with two attached hydrogens (primary N) is 1. The van der Waals surface area contributed by atoms with E-state index in [9.17, 15) is 0 Å². The van der Waals surface area contributed by atoms with Crippen LogP contribution in [0.4, 0.5) is 0 Å². The quantitative estimate of drug-likeness (QED) is 0.481. The highest BCUT2D eigenvalue weighted by Gasteiger charge is 2.31. The smallest absolute Gasteiger partial charge is 0.0459 e. The molecule has 0 bridgehead atoms. The minimum atomic E-state index is 0. The first-order valence-electron chi connectivity index (χ1n) is 4.08. The van der Waals surface area contributed by atoms with Gasteiger partial charge in [0.1, 0.15) is 0 Å². The van der Waals surface area contributed by atoms with E-state index in [2.05, 4.69) is 10.6 Å². The summed E-state index contributed by atoms with van der Waals surface area (Å²) in [5.74, 6) is 0. The van der Waals surface area contributed by atoms with Crippen LogP contribution in [-0.2, 0) is 0 Å². The van der Waals surface area contributed by atoms with E-state index < -0.39 is 0 Å². The molecule has 3 nitrogen and oxygen atoms in total. The van der Waals surface area contributed by atoms with E-state index in [0.717, 1.165) is 13.1 Å². The molecule has 0 radical (unpaired) electrons. The SMILES string of the molecule is Cl.NC1CCC2NCNC2C1. The Bertz CT molecular complexity index is 131. The summed E-state index contributed by atoms with van der Waals surface area (Å²) in [6, 6.07) is 1.80. The van der Waals surface area contributed by atoms with Gasteiger partial charge < -0.3 is 16.4 Å². The normalized spacial score (nSPS) is 42.8. The molecule has 3 unspecified atom stereocenters. The fourth-order valence-electron chi connectivity index (χ4n) is 1.99. The zero-order valence-electron chi connectivity index (χ0n) is 6.55. The van der Waals surface area contributed by atoms with Gasteiger partial charge in [-0.1, -0.05) is 0 Å². The Kier molecular flexibility index (Phi) is 3.13. The molecule has 2 aliphatic rings. The van der Waals surface area contributed by atoms with Gasteiger partial charge in [-0.25, -0.2) is 0 Å². The Hall–Kier alpha value is 0.170. The summed E-state index contributed by atoms with van der Waals surface area (Å²) in [4.78, 5) is 0. The van der Waals surface area contributed by atoms with Crippen molar-refractivity contribution in [2.24, 2.45) is 5.73 Å². The summed E-state index contributed by atoms with van der Waals surface area (Å²) < 4.78 is 0. The highest BCUT2D eigenvalue weighted by atomic mass is 35.5. The van der Waals surface area contributed by atoms with Gasteiger partial charge in [-0.15, -0.1) is 12.4 Å². The van der Waals surface area contributed by atoms with E-state index >= 15 is 0 Å². The fourth-order valence-corrected chi connectivity index (χ4v) is 1.99. The molecule has 2 fully saturated rings. The van der Waals surface area contributed by atoms with Crippen molar-refractivity contribution in [2.45, 2.75) is 37.4 Å². The van der Waals surface area contributed by atoms with Crippen molar-refractivity contribution in [3.05, 3.63) is 0 Å². The molecule has 1 saturated heterocycles. The third kappa shape index (κ3) is 1.85. The van der Waals surface area contributed by atoms with Crippen molar-refractivity contribution in [3.8, 4) is 0 Å². The van der Waals surface area contributed by atoms with Crippen LogP contribution in [0.15, 0.2) is 0 Å². The third-order valence-corrected chi connectivity index (χ3v) is 2.62. The molecule has 0 aromatic carbocycles. The average Bonchev–Trinajstić information content (AvgIpc) is 2.33. The first-order valence-corrected chi connectivity index (χ1v) is 4.08. The highest BCUT2D eigenvalue weighted by molar-refractivity contribution is 5.85. The van der Waals surface area contributed by atoms with Gasteiger partial charge in [-0.05, 0) is 19.3 Å². The lowest BCUT2D eigenvalue weighted by atomic mass is 9.88. The molecule has 11 heavy (non-hydrogen) atoms. The van der Waals surface area contributed by atoms with Crippen LogP contribution in [0.2, 0.25) is 0 Å². The Morgan fingerprint density at radius 1 is 1.09 bits per heavy atom. The van der Waals surface area contributed by atoms with Gasteiger partial charge in [0.2, 0.25) is 0 Å². The van der Waals surface area contributed by atoms with Gasteiger partial charge in [-0.2, -0.15) is 0 Å². The predicted octanol–water partition coefficient (Wildman–Crippen LogP) is -0.193. The third-order valence-electron chi connectivity index (χ3n) is 2.62. The van der Waals surface area contributed by atoms with Crippen molar-refractivity contribution < 1.29 is 0 Å². The van der Waals surface area contributed by atoms with Crippen molar-refractivity contribution in [1.82, 2.24) is 10.6 Å². The molecule has 0 aromatic heterocycles. The molecule has 0 aromatic rings. The lowest BCUT2D eigenvalue weighted by Crippen LogP contribution is -2.44. The molecule has 2 rings (SSSR count). The van der Waals surface area contributed by atoms with E-state index in [1.165, 1.54) is 12.8 Å². The van der Waals surface area contributed by atoms with E-state index in [1.807, 2.05) is 0 Å². The van der Waals surface area contributed by atoms with Crippen LogP contribution < -0.4 is 16.4 Å². The van der Waals surface area contributed by atoms with Crippen LogP contribution in [0.5, 0.6) is 0 Å². The molecule has 1 heterocycles.